The van der Waals surface area contributed by atoms with Gasteiger partial charge in [-0.3, -0.25) is 9.69 Å². The fourth-order valence-electron chi connectivity index (χ4n) is 5.78. The number of unbranched alkanes of at least 4 members (excludes halogenated alkanes) is 1. The molecule has 0 saturated heterocycles. The molecule has 2 atom stereocenters. The normalized spacial score (nSPS) is 19.7. The molecule has 0 N–H and O–H groups in total. The van der Waals surface area contributed by atoms with Gasteiger partial charge in [0.15, 0.2) is 0 Å². The van der Waals surface area contributed by atoms with Crippen LogP contribution < -0.4 is 0 Å². The Morgan fingerprint density at radius 1 is 0.902 bits per heavy atom. The van der Waals surface area contributed by atoms with E-state index in [1.165, 1.54) is 57.5 Å². The van der Waals surface area contributed by atoms with Gasteiger partial charge in [-0.15, -0.1) is 0 Å². The summed E-state index contributed by atoms with van der Waals surface area (Å²) in [6, 6.07) is 16.1. The zero-order chi connectivity index (χ0) is 29.5. The standard InChI is InChI=1S/C34H48BrNO5/c1-34(41-26-29-14-18-31(35)19-15-29)21-8-5-4-6-10-27(24-34)20-23-36(22-9-7-11-32(37)39-2)25-28-12-16-30(17-13-28)33(38)40-3/h12-19,27H,4-11,20-26H2,1-3H3. The summed E-state index contributed by atoms with van der Waals surface area (Å²) >= 11 is 3.53. The molecule has 1 aliphatic carbocycles. The lowest BCUT2D eigenvalue weighted by atomic mass is 9.84. The van der Waals surface area contributed by atoms with Crippen molar-refractivity contribution in [1.82, 2.24) is 4.90 Å². The van der Waals surface area contributed by atoms with Crippen LogP contribution in [0.1, 0.15) is 99.0 Å². The molecule has 0 aromatic heterocycles. The number of rotatable bonds is 14. The topological polar surface area (TPSA) is 65.1 Å². The summed E-state index contributed by atoms with van der Waals surface area (Å²) in [5.41, 5.74) is 2.82. The van der Waals surface area contributed by atoms with Crippen LogP contribution in [0.25, 0.3) is 0 Å². The minimum Gasteiger partial charge on any atom is -0.469 e. The molecule has 0 amide bonds. The van der Waals surface area contributed by atoms with E-state index in [2.05, 4.69) is 52.0 Å². The van der Waals surface area contributed by atoms with Gasteiger partial charge in [-0.1, -0.05) is 72.3 Å². The quantitative estimate of drug-likeness (QED) is 0.155. The Morgan fingerprint density at radius 3 is 2.32 bits per heavy atom. The first-order valence-electron chi connectivity index (χ1n) is 15.1. The molecule has 2 aromatic carbocycles. The van der Waals surface area contributed by atoms with E-state index in [9.17, 15) is 9.59 Å². The Bertz CT molecular complexity index is 1060. The number of hydrogen-bond donors (Lipinski definition) is 0. The van der Waals surface area contributed by atoms with E-state index in [4.69, 9.17) is 14.2 Å². The van der Waals surface area contributed by atoms with Gasteiger partial charge in [-0.25, -0.2) is 4.79 Å². The lowest BCUT2D eigenvalue weighted by Gasteiger charge is -2.34. The van der Waals surface area contributed by atoms with E-state index in [0.29, 0.717) is 24.5 Å². The highest BCUT2D eigenvalue weighted by Crippen LogP contribution is 2.34. The minimum atomic E-state index is -0.318. The van der Waals surface area contributed by atoms with E-state index in [-0.39, 0.29) is 17.5 Å². The summed E-state index contributed by atoms with van der Waals surface area (Å²) in [6.45, 7) is 5.68. The second-order valence-electron chi connectivity index (χ2n) is 11.7. The van der Waals surface area contributed by atoms with Crippen LogP contribution in [0.4, 0.5) is 0 Å². The van der Waals surface area contributed by atoms with Crippen molar-refractivity contribution in [2.45, 2.75) is 96.3 Å². The van der Waals surface area contributed by atoms with Gasteiger partial charge >= 0.3 is 11.9 Å². The van der Waals surface area contributed by atoms with Crippen molar-refractivity contribution in [2.24, 2.45) is 5.92 Å². The van der Waals surface area contributed by atoms with E-state index in [1.807, 2.05) is 24.3 Å². The number of nitrogens with zero attached hydrogens (tertiary/aromatic N) is 1. The maximum atomic E-state index is 11.9. The first kappa shape index (κ1) is 33.3. The van der Waals surface area contributed by atoms with Crippen molar-refractivity contribution < 1.29 is 23.8 Å². The van der Waals surface area contributed by atoms with Crippen LogP contribution in [0.3, 0.4) is 0 Å². The van der Waals surface area contributed by atoms with Crippen LogP contribution >= 0.6 is 15.9 Å². The largest absolute Gasteiger partial charge is 0.469 e. The molecular weight excluding hydrogens is 582 g/mol. The molecule has 0 radical (unpaired) electrons. The fraction of sp³-hybridized carbons (Fsp3) is 0.588. The minimum absolute atomic E-state index is 0.128. The van der Waals surface area contributed by atoms with Crippen molar-refractivity contribution in [2.75, 3.05) is 27.3 Å². The maximum Gasteiger partial charge on any atom is 0.337 e. The number of benzene rings is 2. The number of esters is 2. The van der Waals surface area contributed by atoms with E-state index in [1.54, 1.807) is 0 Å². The van der Waals surface area contributed by atoms with Gasteiger partial charge in [-0.05, 0) is 93.4 Å². The van der Waals surface area contributed by atoms with Crippen LogP contribution in [-0.2, 0) is 32.2 Å². The van der Waals surface area contributed by atoms with Crippen molar-refractivity contribution in [1.29, 1.82) is 0 Å². The van der Waals surface area contributed by atoms with E-state index >= 15 is 0 Å². The zero-order valence-electron chi connectivity index (χ0n) is 25.2. The van der Waals surface area contributed by atoms with Crippen molar-refractivity contribution in [3.05, 3.63) is 69.7 Å². The first-order valence-corrected chi connectivity index (χ1v) is 15.9. The lowest BCUT2D eigenvalue weighted by molar-refractivity contribution is -0.140. The molecule has 3 rings (SSSR count). The first-order chi connectivity index (χ1) is 19.8. The summed E-state index contributed by atoms with van der Waals surface area (Å²) in [5.74, 6) is 0.132. The monoisotopic (exact) mass is 629 g/mol. The molecule has 1 fully saturated rings. The number of hydrogen-bond acceptors (Lipinski definition) is 6. The van der Waals surface area contributed by atoms with Gasteiger partial charge in [0.2, 0.25) is 0 Å². The summed E-state index contributed by atoms with van der Waals surface area (Å²) < 4.78 is 17.4. The Hall–Kier alpha value is -2.22. The lowest BCUT2D eigenvalue weighted by Crippen LogP contribution is -2.33. The number of halogens is 1. The summed E-state index contributed by atoms with van der Waals surface area (Å²) in [6.07, 6.45) is 11.8. The van der Waals surface area contributed by atoms with Crippen LogP contribution in [0.2, 0.25) is 0 Å². The Morgan fingerprint density at radius 2 is 1.61 bits per heavy atom. The summed E-state index contributed by atoms with van der Waals surface area (Å²) in [4.78, 5) is 26.0. The average molecular weight is 631 g/mol. The SMILES string of the molecule is COC(=O)CCCCN(CCC1CCCCCCC(C)(OCc2ccc(Br)cc2)C1)Cc1ccc(C(=O)OC)cc1. The Kier molecular flexibility index (Phi) is 14.3. The van der Waals surface area contributed by atoms with Crippen LogP contribution in [0.5, 0.6) is 0 Å². The number of ether oxygens (including phenoxy) is 3. The van der Waals surface area contributed by atoms with Gasteiger partial charge in [-0.2, -0.15) is 0 Å². The Balaban J connectivity index is 1.63. The van der Waals surface area contributed by atoms with Crippen molar-refractivity contribution in [3.63, 3.8) is 0 Å². The third-order valence-electron chi connectivity index (χ3n) is 8.26. The molecular formula is C34H48BrNO5. The predicted molar refractivity (Wildman–Crippen MR) is 167 cm³/mol. The second-order valence-corrected chi connectivity index (χ2v) is 12.6. The highest BCUT2D eigenvalue weighted by Gasteiger charge is 2.30. The third kappa shape index (κ3) is 12.3. The van der Waals surface area contributed by atoms with Crippen LogP contribution in [-0.4, -0.2) is 49.7 Å². The van der Waals surface area contributed by atoms with Crippen LogP contribution in [0.15, 0.2) is 53.0 Å². The molecule has 2 aromatic rings. The van der Waals surface area contributed by atoms with Crippen molar-refractivity contribution >= 4 is 27.9 Å². The van der Waals surface area contributed by atoms with Crippen LogP contribution in [0, 0.1) is 5.92 Å². The van der Waals surface area contributed by atoms with E-state index < -0.39 is 0 Å². The molecule has 41 heavy (non-hydrogen) atoms. The summed E-state index contributed by atoms with van der Waals surface area (Å²) in [5, 5.41) is 0. The average Bonchev–Trinajstić information content (AvgIpc) is 3.07. The second kappa shape index (κ2) is 17.7. The number of carbonyl (C=O) groups excluding carboxylic acids is 2. The molecule has 226 valence electrons. The highest BCUT2D eigenvalue weighted by atomic mass is 79.9. The Labute approximate surface area is 255 Å². The maximum absolute atomic E-state index is 11.9. The molecule has 0 aliphatic heterocycles. The van der Waals surface area contributed by atoms with Gasteiger partial charge in [0.25, 0.3) is 0 Å². The number of methoxy groups -OCH3 is 2. The molecule has 1 saturated carbocycles. The van der Waals surface area contributed by atoms with E-state index in [0.717, 1.165) is 56.2 Å². The smallest absolute Gasteiger partial charge is 0.337 e. The predicted octanol–water partition coefficient (Wildman–Crippen LogP) is 8.11. The zero-order valence-corrected chi connectivity index (χ0v) is 26.8. The molecule has 0 heterocycles. The molecule has 2 unspecified atom stereocenters. The van der Waals surface area contributed by atoms with Gasteiger partial charge < -0.3 is 14.2 Å². The van der Waals surface area contributed by atoms with Gasteiger partial charge in [0.05, 0.1) is 32.0 Å². The van der Waals surface area contributed by atoms with Gasteiger partial charge in [0, 0.05) is 17.4 Å². The molecule has 1 aliphatic rings. The molecule has 6 nitrogen and oxygen atoms in total. The molecule has 0 bridgehead atoms. The highest BCUT2D eigenvalue weighted by molar-refractivity contribution is 9.10. The van der Waals surface area contributed by atoms with Crippen molar-refractivity contribution in [3.8, 4) is 0 Å². The molecule has 7 heteroatoms. The fourth-order valence-corrected chi connectivity index (χ4v) is 6.04. The number of carbonyl (C=O) groups is 2. The summed E-state index contributed by atoms with van der Waals surface area (Å²) in [7, 11) is 2.85. The third-order valence-corrected chi connectivity index (χ3v) is 8.79. The molecule has 0 spiro atoms. The van der Waals surface area contributed by atoms with Gasteiger partial charge in [0.1, 0.15) is 0 Å².